The van der Waals surface area contributed by atoms with E-state index in [0.717, 1.165) is 0 Å². The quantitative estimate of drug-likeness (QED) is 0.516. The molecule has 0 spiro atoms. The minimum atomic E-state index is -2.19. The third-order valence-corrected chi connectivity index (χ3v) is 5.03. The van der Waals surface area contributed by atoms with E-state index in [1.54, 1.807) is 18.2 Å². The Balaban J connectivity index is 1.87. The lowest BCUT2D eigenvalue weighted by atomic mass is 9.76. The Morgan fingerprint density at radius 2 is 1.37 bits per heavy atom. The van der Waals surface area contributed by atoms with Gasteiger partial charge in [0.25, 0.3) is 11.4 Å². The maximum absolute atomic E-state index is 13.3. The van der Waals surface area contributed by atoms with Crippen LogP contribution in [0.5, 0.6) is 5.75 Å². The van der Waals surface area contributed by atoms with Gasteiger partial charge in [-0.1, -0.05) is 12.1 Å². The van der Waals surface area contributed by atoms with E-state index >= 15 is 0 Å². The second-order valence-corrected chi connectivity index (χ2v) is 6.74. The van der Waals surface area contributed by atoms with Crippen LogP contribution in [0.25, 0.3) is 0 Å². The highest BCUT2D eigenvalue weighted by molar-refractivity contribution is 6.06. The first-order chi connectivity index (χ1) is 14.3. The minimum Gasteiger partial charge on any atom is -0.481 e. The predicted molar refractivity (Wildman–Crippen MR) is 104 cm³/mol. The number of rotatable bonds is 4. The van der Waals surface area contributed by atoms with Crippen molar-refractivity contribution in [2.45, 2.75) is 11.7 Å². The van der Waals surface area contributed by atoms with Crippen molar-refractivity contribution in [2.75, 3.05) is 0 Å². The lowest BCUT2D eigenvalue weighted by Crippen LogP contribution is -2.47. The van der Waals surface area contributed by atoms with Crippen LogP contribution >= 0.6 is 0 Å². The van der Waals surface area contributed by atoms with E-state index in [2.05, 4.69) is 0 Å². The fourth-order valence-corrected chi connectivity index (χ4v) is 3.49. The largest absolute Gasteiger partial charge is 0.481 e. The molecule has 1 heterocycles. The monoisotopic (exact) mass is 406 g/mol. The van der Waals surface area contributed by atoms with Crippen LogP contribution in [0.15, 0.2) is 72.8 Å². The molecule has 0 radical (unpaired) electrons. The summed E-state index contributed by atoms with van der Waals surface area (Å²) in [5, 5.41) is 33.5. The van der Waals surface area contributed by atoms with E-state index < -0.39 is 27.3 Å². The van der Waals surface area contributed by atoms with Gasteiger partial charge in [-0.05, 0) is 47.5 Å². The number of para-hydroxylation sites is 1. The second kappa shape index (κ2) is 7.05. The molecule has 9 heteroatoms. The first-order valence-corrected chi connectivity index (χ1v) is 8.84. The van der Waals surface area contributed by atoms with Gasteiger partial charge in [0.05, 0.1) is 15.4 Å². The SMILES string of the molecule is O=C1c2ccccc2O[C@H](c2ccc([N+](=O)[O-])cc2)[C@]1(O)c1ccc([N+](=O)[O-])cc1. The zero-order chi connectivity index (χ0) is 21.5. The van der Waals surface area contributed by atoms with E-state index in [1.807, 2.05) is 0 Å². The Kier molecular flexibility index (Phi) is 4.52. The number of ketones is 1. The zero-order valence-corrected chi connectivity index (χ0v) is 15.3. The number of ether oxygens (including phenoxy) is 1. The smallest absolute Gasteiger partial charge is 0.269 e. The number of hydrogen-bond donors (Lipinski definition) is 1. The third kappa shape index (κ3) is 2.97. The first-order valence-electron chi connectivity index (χ1n) is 8.84. The van der Waals surface area contributed by atoms with Crippen LogP contribution in [0.4, 0.5) is 11.4 Å². The molecule has 150 valence electrons. The molecule has 9 nitrogen and oxygen atoms in total. The summed E-state index contributed by atoms with van der Waals surface area (Å²) in [6, 6.07) is 16.7. The van der Waals surface area contributed by atoms with Crippen molar-refractivity contribution in [3.8, 4) is 5.75 Å². The molecule has 3 aromatic carbocycles. The van der Waals surface area contributed by atoms with Gasteiger partial charge in [0, 0.05) is 24.3 Å². The van der Waals surface area contributed by atoms with Crippen molar-refractivity contribution < 1.29 is 24.5 Å². The summed E-state index contributed by atoms with van der Waals surface area (Å²) in [5.41, 5.74) is -1.93. The highest BCUT2D eigenvalue weighted by atomic mass is 16.6. The third-order valence-electron chi connectivity index (χ3n) is 5.03. The molecule has 4 rings (SSSR count). The van der Waals surface area contributed by atoms with Crippen LogP contribution in [-0.2, 0) is 5.60 Å². The maximum Gasteiger partial charge on any atom is 0.269 e. The molecule has 2 atom stereocenters. The van der Waals surface area contributed by atoms with E-state index in [4.69, 9.17) is 4.74 Å². The Morgan fingerprint density at radius 1 is 0.833 bits per heavy atom. The molecule has 0 aliphatic carbocycles. The van der Waals surface area contributed by atoms with Crippen molar-refractivity contribution in [1.82, 2.24) is 0 Å². The molecular weight excluding hydrogens is 392 g/mol. The van der Waals surface area contributed by atoms with Gasteiger partial charge in [0.15, 0.2) is 11.7 Å². The van der Waals surface area contributed by atoms with Gasteiger partial charge in [0.1, 0.15) is 5.75 Å². The normalized spacial score (nSPS) is 20.2. The van der Waals surface area contributed by atoms with Crippen LogP contribution in [-0.4, -0.2) is 20.7 Å². The van der Waals surface area contributed by atoms with Gasteiger partial charge in [0.2, 0.25) is 5.78 Å². The zero-order valence-electron chi connectivity index (χ0n) is 15.3. The first kappa shape index (κ1) is 19.2. The molecule has 0 saturated carbocycles. The summed E-state index contributed by atoms with van der Waals surface area (Å²) >= 11 is 0. The number of non-ortho nitro benzene ring substituents is 2. The van der Waals surface area contributed by atoms with Crippen molar-refractivity contribution in [1.29, 1.82) is 0 Å². The van der Waals surface area contributed by atoms with Gasteiger partial charge in [-0.3, -0.25) is 25.0 Å². The number of aliphatic hydroxyl groups is 1. The minimum absolute atomic E-state index is 0.107. The van der Waals surface area contributed by atoms with Crippen LogP contribution in [0, 0.1) is 20.2 Å². The highest BCUT2D eigenvalue weighted by Gasteiger charge is 2.52. The molecule has 1 aliphatic heterocycles. The lowest BCUT2D eigenvalue weighted by Gasteiger charge is -2.39. The second-order valence-electron chi connectivity index (χ2n) is 6.74. The number of benzene rings is 3. The highest BCUT2D eigenvalue weighted by Crippen LogP contribution is 2.47. The molecule has 3 aromatic rings. The van der Waals surface area contributed by atoms with Gasteiger partial charge in [-0.25, -0.2) is 0 Å². The maximum atomic E-state index is 13.3. The van der Waals surface area contributed by atoms with Crippen molar-refractivity contribution in [3.05, 3.63) is 110 Å². The molecule has 1 aliphatic rings. The van der Waals surface area contributed by atoms with E-state index in [9.17, 15) is 30.1 Å². The molecule has 0 fully saturated rings. The van der Waals surface area contributed by atoms with Crippen LogP contribution in [0.3, 0.4) is 0 Å². The number of Topliss-reactive ketones (excluding diaryl/α,β-unsaturated/α-hetero) is 1. The number of hydrogen-bond acceptors (Lipinski definition) is 7. The Hall–Kier alpha value is -4.11. The molecule has 0 bridgehead atoms. The average Bonchev–Trinajstić information content (AvgIpc) is 2.76. The van der Waals surface area contributed by atoms with Crippen molar-refractivity contribution in [3.63, 3.8) is 0 Å². The summed E-state index contributed by atoms with van der Waals surface area (Å²) in [6.45, 7) is 0. The summed E-state index contributed by atoms with van der Waals surface area (Å²) < 4.78 is 5.96. The van der Waals surface area contributed by atoms with E-state index in [1.165, 1.54) is 54.6 Å². The summed E-state index contributed by atoms with van der Waals surface area (Å²) in [7, 11) is 0. The number of nitrogens with zero attached hydrogens (tertiary/aromatic N) is 2. The number of nitro groups is 2. The Morgan fingerprint density at radius 3 is 1.93 bits per heavy atom. The molecule has 0 saturated heterocycles. The van der Waals surface area contributed by atoms with E-state index in [0.29, 0.717) is 5.56 Å². The van der Waals surface area contributed by atoms with Crippen LogP contribution < -0.4 is 4.74 Å². The summed E-state index contributed by atoms with van der Waals surface area (Å²) in [4.78, 5) is 34.1. The molecule has 0 unspecified atom stereocenters. The van der Waals surface area contributed by atoms with Crippen molar-refractivity contribution in [2.24, 2.45) is 0 Å². The number of carbonyl (C=O) groups is 1. The summed E-state index contributed by atoms with van der Waals surface area (Å²) in [5.74, 6) is -0.376. The molecular formula is C21H14N2O7. The molecule has 0 aromatic heterocycles. The predicted octanol–water partition coefficient (Wildman–Crippen LogP) is 3.71. The average molecular weight is 406 g/mol. The summed E-state index contributed by atoms with van der Waals surface area (Å²) in [6.07, 6.45) is -1.22. The lowest BCUT2D eigenvalue weighted by molar-refractivity contribution is -0.385. The Bertz CT molecular complexity index is 1160. The van der Waals surface area contributed by atoms with Gasteiger partial charge < -0.3 is 9.84 Å². The molecule has 30 heavy (non-hydrogen) atoms. The Labute approximate surface area is 169 Å². The fraction of sp³-hybridized carbons (Fsp3) is 0.0952. The number of carbonyl (C=O) groups excluding carboxylic acids is 1. The van der Waals surface area contributed by atoms with Gasteiger partial charge in [-0.2, -0.15) is 0 Å². The van der Waals surface area contributed by atoms with Crippen LogP contribution in [0.1, 0.15) is 27.6 Å². The van der Waals surface area contributed by atoms with Gasteiger partial charge >= 0.3 is 0 Å². The van der Waals surface area contributed by atoms with Crippen LogP contribution in [0.2, 0.25) is 0 Å². The molecule has 1 N–H and O–H groups in total. The standard InChI is InChI=1S/C21H14N2O7/c24-19-17-3-1-2-4-18(17)30-20(13-5-9-15(10-6-13)22(26)27)21(19,25)14-7-11-16(12-8-14)23(28)29/h1-12,20,25H/t20-,21+/m1/s1. The molecule has 0 amide bonds. The fourth-order valence-electron chi connectivity index (χ4n) is 3.49. The number of fused-ring (bicyclic) bond motifs is 1. The topological polar surface area (TPSA) is 133 Å². The van der Waals surface area contributed by atoms with E-state index in [-0.39, 0.29) is 28.3 Å². The number of nitro benzene ring substituents is 2. The van der Waals surface area contributed by atoms with Gasteiger partial charge in [-0.15, -0.1) is 0 Å². The van der Waals surface area contributed by atoms with Crippen molar-refractivity contribution >= 4 is 17.2 Å².